The van der Waals surface area contributed by atoms with Gasteiger partial charge in [0.1, 0.15) is 0 Å². The van der Waals surface area contributed by atoms with E-state index in [1.165, 1.54) is 13.2 Å². The van der Waals surface area contributed by atoms with Gasteiger partial charge in [-0.1, -0.05) is 19.9 Å². The van der Waals surface area contributed by atoms with E-state index in [9.17, 15) is 9.50 Å². The van der Waals surface area contributed by atoms with Gasteiger partial charge in [0.2, 0.25) is 0 Å². The lowest BCUT2D eigenvalue weighted by Crippen LogP contribution is -2.40. The summed E-state index contributed by atoms with van der Waals surface area (Å²) in [6.45, 7) is 8.82. The fourth-order valence-electron chi connectivity index (χ4n) is 2.26. The molecule has 144 valence electrons. The quantitative estimate of drug-likeness (QED) is 0.311. The maximum atomic E-state index is 13.9. The Bertz CT molecular complexity index is 551. The molecule has 25 heavy (non-hydrogen) atoms. The summed E-state index contributed by atoms with van der Waals surface area (Å²) in [5, 5.41) is 16.8. The number of aliphatic hydroxyl groups is 1. The first kappa shape index (κ1) is 23.9. The summed E-state index contributed by atoms with van der Waals surface area (Å²) < 4.78 is 18.8. The summed E-state index contributed by atoms with van der Waals surface area (Å²) >= 11 is 0. The second-order valence-corrected chi connectivity index (χ2v) is 5.89. The van der Waals surface area contributed by atoms with Gasteiger partial charge in [0.25, 0.3) is 0 Å². The van der Waals surface area contributed by atoms with Gasteiger partial charge in [0, 0.05) is 6.54 Å². The predicted molar refractivity (Wildman–Crippen MR) is 111 cm³/mol. The molecule has 7 heteroatoms. The third-order valence-corrected chi connectivity index (χ3v) is 4.22. The number of hydrogen-bond donors (Lipinski definition) is 3. The summed E-state index contributed by atoms with van der Waals surface area (Å²) in [6.07, 6.45) is 1.29. The Kier molecular flexibility index (Phi) is 11.0. The number of hydrogen-bond acceptors (Lipinski definition) is 3. The summed E-state index contributed by atoms with van der Waals surface area (Å²) in [5.74, 6) is 0.431. The Labute approximate surface area is 167 Å². The van der Waals surface area contributed by atoms with E-state index in [4.69, 9.17) is 4.74 Å². The highest BCUT2D eigenvalue weighted by atomic mass is 127. The molecule has 1 rings (SSSR count). The van der Waals surface area contributed by atoms with Crippen molar-refractivity contribution in [1.29, 1.82) is 0 Å². The highest BCUT2D eigenvalue weighted by Gasteiger charge is 2.22. The molecular formula is C18H31FIN3O2. The average molecular weight is 467 g/mol. The predicted octanol–water partition coefficient (Wildman–Crippen LogP) is 3.62. The van der Waals surface area contributed by atoms with Gasteiger partial charge >= 0.3 is 0 Å². The van der Waals surface area contributed by atoms with Crippen molar-refractivity contribution < 1.29 is 14.2 Å². The van der Waals surface area contributed by atoms with Gasteiger partial charge in [-0.25, -0.2) is 4.39 Å². The Morgan fingerprint density at radius 1 is 1.32 bits per heavy atom. The van der Waals surface area contributed by atoms with Gasteiger partial charge in [0.05, 0.1) is 25.3 Å². The largest absolute Gasteiger partial charge is 0.494 e. The Morgan fingerprint density at radius 3 is 2.44 bits per heavy atom. The van der Waals surface area contributed by atoms with Crippen LogP contribution in [0, 0.1) is 5.82 Å². The van der Waals surface area contributed by atoms with Crippen molar-refractivity contribution >= 4 is 29.9 Å². The Hall–Kier alpha value is -1.09. The minimum Gasteiger partial charge on any atom is -0.494 e. The highest BCUT2D eigenvalue weighted by molar-refractivity contribution is 14.0. The third-order valence-electron chi connectivity index (χ3n) is 4.22. The van der Waals surface area contributed by atoms with Crippen molar-refractivity contribution in [2.45, 2.75) is 52.2 Å². The van der Waals surface area contributed by atoms with Crippen LogP contribution in [0.5, 0.6) is 5.75 Å². The summed E-state index contributed by atoms with van der Waals surface area (Å²) in [7, 11) is 1.44. The molecule has 0 bridgehead atoms. The van der Waals surface area contributed by atoms with E-state index in [-0.39, 0.29) is 35.8 Å². The monoisotopic (exact) mass is 467 g/mol. The van der Waals surface area contributed by atoms with Gasteiger partial charge in [-0.05, 0) is 44.4 Å². The van der Waals surface area contributed by atoms with Crippen LogP contribution in [0.25, 0.3) is 0 Å². The van der Waals surface area contributed by atoms with Crippen molar-refractivity contribution in [1.82, 2.24) is 10.6 Å². The molecular weight excluding hydrogens is 436 g/mol. The van der Waals surface area contributed by atoms with Gasteiger partial charge in [-0.15, -0.1) is 24.0 Å². The Balaban J connectivity index is 0.00000576. The molecule has 5 nitrogen and oxygen atoms in total. The fourth-order valence-corrected chi connectivity index (χ4v) is 2.26. The van der Waals surface area contributed by atoms with Gasteiger partial charge in [0.15, 0.2) is 17.5 Å². The molecule has 0 aliphatic carbocycles. The minimum atomic E-state index is -0.794. The number of benzene rings is 1. The standard InChI is InChI=1S/C18H30FN3O2.HI/c1-6-18(23,7-2)12-21-17(20-8-3)22-13(4)14-9-10-16(24-5)15(19)11-14;/h9-11,13,23H,6-8,12H2,1-5H3,(H2,20,21,22);1H. The number of halogens is 2. The summed E-state index contributed by atoms with van der Waals surface area (Å²) in [4.78, 5) is 4.47. The minimum absolute atomic E-state index is 0. The SMILES string of the molecule is CCNC(=NCC(O)(CC)CC)NC(C)c1ccc(OC)c(F)c1.I. The van der Waals surface area contributed by atoms with Crippen LogP contribution >= 0.6 is 24.0 Å². The van der Waals surface area contributed by atoms with E-state index < -0.39 is 11.4 Å². The number of aliphatic imine (C=N–C) groups is 1. The van der Waals surface area contributed by atoms with E-state index in [0.29, 0.717) is 31.9 Å². The van der Waals surface area contributed by atoms with Crippen LogP contribution in [-0.2, 0) is 0 Å². The van der Waals surface area contributed by atoms with Crippen LogP contribution in [0.1, 0.15) is 52.1 Å². The van der Waals surface area contributed by atoms with Crippen LogP contribution in [0.2, 0.25) is 0 Å². The lowest BCUT2D eigenvalue weighted by atomic mass is 9.98. The summed E-state index contributed by atoms with van der Waals surface area (Å²) in [6, 6.07) is 4.74. The molecule has 0 aliphatic rings. The molecule has 0 fully saturated rings. The topological polar surface area (TPSA) is 65.9 Å². The maximum Gasteiger partial charge on any atom is 0.191 e. The zero-order valence-electron chi connectivity index (χ0n) is 15.7. The first-order valence-electron chi connectivity index (χ1n) is 8.49. The third kappa shape index (κ3) is 7.35. The van der Waals surface area contributed by atoms with Gasteiger partial charge in [-0.2, -0.15) is 0 Å². The summed E-state index contributed by atoms with van der Waals surface area (Å²) in [5.41, 5.74) is -0.00203. The number of rotatable bonds is 8. The zero-order valence-corrected chi connectivity index (χ0v) is 18.1. The second kappa shape index (κ2) is 11.5. The first-order chi connectivity index (χ1) is 11.4. The van der Waals surface area contributed by atoms with Crippen LogP contribution in [-0.4, -0.2) is 36.9 Å². The maximum absolute atomic E-state index is 13.9. The molecule has 0 radical (unpaired) electrons. The van der Waals surface area contributed by atoms with E-state index in [1.807, 2.05) is 33.8 Å². The lowest BCUT2D eigenvalue weighted by molar-refractivity contribution is 0.0418. The molecule has 1 unspecified atom stereocenters. The number of nitrogens with one attached hydrogen (secondary N) is 2. The van der Waals surface area contributed by atoms with Crippen LogP contribution in [0.3, 0.4) is 0 Å². The Morgan fingerprint density at radius 2 is 1.96 bits per heavy atom. The first-order valence-corrected chi connectivity index (χ1v) is 8.49. The molecule has 0 aromatic heterocycles. The number of nitrogens with zero attached hydrogens (tertiary/aromatic N) is 1. The molecule has 0 amide bonds. The smallest absolute Gasteiger partial charge is 0.191 e. The van der Waals surface area contributed by atoms with E-state index >= 15 is 0 Å². The number of guanidine groups is 1. The average Bonchev–Trinajstić information content (AvgIpc) is 2.59. The van der Waals surface area contributed by atoms with Crippen molar-refractivity contribution in [3.63, 3.8) is 0 Å². The van der Waals surface area contributed by atoms with Crippen molar-refractivity contribution in [2.24, 2.45) is 4.99 Å². The molecule has 0 aliphatic heterocycles. The van der Waals surface area contributed by atoms with Crippen molar-refractivity contribution in [3.05, 3.63) is 29.6 Å². The van der Waals surface area contributed by atoms with E-state index in [0.717, 1.165) is 5.56 Å². The molecule has 1 aromatic carbocycles. The van der Waals surface area contributed by atoms with Crippen molar-refractivity contribution in [2.75, 3.05) is 20.2 Å². The fraction of sp³-hybridized carbons (Fsp3) is 0.611. The molecule has 3 N–H and O–H groups in total. The normalized spacial score (nSPS) is 13.0. The lowest BCUT2D eigenvalue weighted by Gasteiger charge is -2.24. The van der Waals surface area contributed by atoms with Crippen LogP contribution in [0.15, 0.2) is 23.2 Å². The van der Waals surface area contributed by atoms with Gasteiger partial charge < -0.3 is 20.5 Å². The van der Waals surface area contributed by atoms with E-state index in [2.05, 4.69) is 15.6 Å². The molecule has 0 saturated heterocycles. The molecule has 0 saturated carbocycles. The molecule has 1 atom stereocenters. The number of ether oxygens (including phenoxy) is 1. The van der Waals surface area contributed by atoms with E-state index in [1.54, 1.807) is 6.07 Å². The zero-order chi connectivity index (χ0) is 18.2. The van der Waals surface area contributed by atoms with Crippen LogP contribution < -0.4 is 15.4 Å². The molecule has 0 heterocycles. The van der Waals surface area contributed by atoms with Crippen molar-refractivity contribution in [3.8, 4) is 5.75 Å². The molecule has 1 aromatic rings. The molecule has 0 spiro atoms. The highest BCUT2D eigenvalue weighted by Crippen LogP contribution is 2.21. The van der Waals surface area contributed by atoms with Crippen LogP contribution in [0.4, 0.5) is 4.39 Å². The number of methoxy groups -OCH3 is 1. The van der Waals surface area contributed by atoms with Gasteiger partial charge in [-0.3, -0.25) is 4.99 Å². The second-order valence-electron chi connectivity index (χ2n) is 5.89.